The number of halogens is 3. The number of nitrogens with one attached hydrogen (secondary N) is 1. The smallest absolute Gasteiger partial charge is 0.383 e. The molecule has 1 heterocycles. The summed E-state index contributed by atoms with van der Waals surface area (Å²) < 4.78 is 42.0. The SMILES string of the molecule is COCCNCc1ncn(CCSC(F)(F)F)n1. The van der Waals surface area contributed by atoms with Crippen molar-refractivity contribution in [1.82, 2.24) is 20.1 Å². The summed E-state index contributed by atoms with van der Waals surface area (Å²) in [6.45, 7) is 1.93. The van der Waals surface area contributed by atoms with Crippen molar-refractivity contribution in [3.05, 3.63) is 12.2 Å². The third kappa shape index (κ3) is 6.82. The van der Waals surface area contributed by atoms with E-state index in [9.17, 15) is 13.2 Å². The minimum Gasteiger partial charge on any atom is -0.383 e. The molecule has 0 fully saturated rings. The Morgan fingerprint density at radius 2 is 2.28 bits per heavy atom. The minimum absolute atomic E-state index is 0.0586. The van der Waals surface area contributed by atoms with Gasteiger partial charge in [-0.1, -0.05) is 0 Å². The summed E-state index contributed by atoms with van der Waals surface area (Å²) >= 11 is -0.0586. The molecule has 0 saturated heterocycles. The van der Waals surface area contributed by atoms with Gasteiger partial charge < -0.3 is 10.1 Å². The lowest BCUT2D eigenvalue weighted by Crippen LogP contribution is -2.19. The first-order valence-corrected chi connectivity index (χ1v) is 6.28. The molecule has 18 heavy (non-hydrogen) atoms. The van der Waals surface area contributed by atoms with Gasteiger partial charge in [0.25, 0.3) is 0 Å². The van der Waals surface area contributed by atoms with Crippen molar-refractivity contribution in [2.75, 3.05) is 26.0 Å². The van der Waals surface area contributed by atoms with Crippen LogP contribution < -0.4 is 5.32 Å². The van der Waals surface area contributed by atoms with Crippen LogP contribution in [0.5, 0.6) is 0 Å². The maximum absolute atomic E-state index is 11.9. The Bertz CT molecular complexity index is 345. The number of thioether (sulfide) groups is 1. The largest absolute Gasteiger partial charge is 0.441 e. The first-order chi connectivity index (χ1) is 8.51. The highest BCUT2D eigenvalue weighted by molar-refractivity contribution is 8.00. The lowest BCUT2D eigenvalue weighted by Gasteiger charge is -2.04. The molecule has 0 aromatic carbocycles. The highest BCUT2D eigenvalue weighted by Crippen LogP contribution is 2.29. The van der Waals surface area contributed by atoms with Crippen LogP contribution in [0.15, 0.2) is 6.33 Å². The lowest BCUT2D eigenvalue weighted by molar-refractivity contribution is -0.0328. The maximum atomic E-state index is 11.9. The van der Waals surface area contributed by atoms with Gasteiger partial charge in [0, 0.05) is 19.4 Å². The normalized spacial score (nSPS) is 12.0. The van der Waals surface area contributed by atoms with Crippen LogP contribution in [0.4, 0.5) is 13.2 Å². The van der Waals surface area contributed by atoms with Crippen LogP contribution in [0.1, 0.15) is 5.82 Å². The number of alkyl halides is 3. The van der Waals surface area contributed by atoms with Crippen molar-refractivity contribution in [3.63, 3.8) is 0 Å². The van der Waals surface area contributed by atoms with E-state index in [0.717, 1.165) is 0 Å². The summed E-state index contributed by atoms with van der Waals surface area (Å²) in [5.74, 6) is 0.492. The molecule has 1 aromatic rings. The highest BCUT2D eigenvalue weighted by atomic mass is 32.2. The average molecular weight is 284 g/mol. The van der Waals surface area contributed by atoms with Gasteiger partial charge in [-0.3, -0.25) is 4.68 Å². The number of rotatable bonds is 8. The maximum Gasteiger partial charge on any atom is 0.441 e. The van der Waals surface area contributed by atoms with Gasteiger partial charge in [0.15, 0.2) is 5.82 Å². The summed E-state index contributed by atoms with van der Waals surface area (Å²) in [5, 5.41) is 7.10. The molecule has 1 N–H and O–H groups in total. The van der Waals surface area contributed by atoms with Crippen LogP contribution in [-0.2, 0) is 17.8 Å². The van der Waals surface area contributed by atoms with E-state index in [0.29, 0.717) is 25.5 Å². The molecule has 0 saturated carbocycles. The van der Waals surface area contributed by atoms with Crippen molar-refractivity contribution in [2.24, 2.45) is 0 Å². The predicted molar refractivity (Wildman–Crippen MR) is 62.1 cm³/mol. The molecular formula is C9H15F3N4OS. The Kier molecular flexibility index (Phi) is 6.44. The summed E-state index contributed by atoms with van der Waals surface area (Å²) in [7, 11) is 1.60. The van der Waals surface area contributed by atoms with Gasteiger partial charge in [0.2, 0.25) is 0 Å². The lowest BCUT2D eigenvalue weighted by atomic mass is 10.5. The molecule has 0 amide bonds. The standard InChI is InChI=1S/C9H15F3N4OS/c1-17-4-2-13-6-8-14-7-16(15-8)3-5-18-9(10,11)12/h7,13H,2-6H2,1H3. The van der Waals surface area contributed by atoms with E-state index >= 15 is 0 Å². The predicted octanol–water partition coefficient (Wildman–Crippen LogP) is 1.27. The first kappa shape index (κ1) is 15.3. The molecule has 0 aliphatic rings. The second-order valence-corrected chi connectivity index (χ2v) is 4.55. The van der Waals surface area contributed by atoms with Gasteiger partial charge in [-0.2, -0.15) is 18.3 Å². The van der Waals surface area contributed by atoms with Crippen LogP contribution in [0.2, 0.25) is 0 Å². The summed E-state index contributed by atoms with van der Waals surface area (Å²) in [5.41, 5.74) is -4.19. The van der Waals surface area contributed by atoms with Gasteiger partial charge in [-0.15, -0.1) is 0 Å². The molecule has 0 unspecified atom stereocenters. The van der Waals surface area contributed by atoms with Crippen LogP contribution >= 0.6 is 11.8 Å². The van der Waals surface area contributed by atoms with Crippen LogP contribution in [0.25, 0.3) is 0 Å². The number of nitrogens with zero attached hydrogens (tertiary/aromatic N) is 3. The molecule has 0 radical (unpaired) electrons. The molecule has 9 heteroatoms. The molecule has 0 spiro atoms. The third-order valence-electron chi connectivity index (χ3n) is 1.94. The van der Waals surface area contributed by atoms with E-state index in [-0.39, 0.29) is 24.1 Å². The van der Waals surface area contributed by atoms with Crippen molar-refractivity contribution >= 4 is 11.8 Å². The van der Waals surface area contributed by atoms with E-state index in [1.165, 1.54) is 11.0 Å². The van der Waals surface area contributed by atoms with E-state index in [2.05, 4.69) is 15.4 Å². The van der Waals surface area contributed by atoms with Gasteiger partial charge in [-0.25, -0.2) is 4.98 Å². The number of aryl methyl sites for hydroxylation is 1. The number of ether oxygens (including phenoxy) is 1. The second-order valence-electron chi connectivity index (χ2n) is 3.39. The molecular weight excluding hydrogens is 269 g/mol. The van der Waals surface area contributed by atoms with E-state index in [4.69, 9.17) is 4.74 Å². The average Bonchev–Trinajstić information content (AvgIpc) is 2.71. The molecule has 0 bridgehead atoms. The monoisotopic (exact) mass is 284 g/mol. The first-order valence-electron chi connectivity index (χ1n) is 5.30. The van der Waals surface area contributed by atoms with Gasteiger partial charge in [-0.05, 0) is 11.8 Å². The van der Waals surface area contributed by atoms with Crippen LogP contribution in [-0.4, -0.2) is 46.3 Å². The van der Waals surface area contributed by atoms with Gasteiger partial charge in [0.05, 0.1) is 19.7 Å². The third-order valence-corrected chi connectivity index (χ3v) is 2.65. The van der Waals surface area contributed by atoms with Gasteiger partial charge in [0.1, 0.15) is 6.33 Å². The Morgan fingerprint density at radius 1 is 1.50 bits per heavy atom. The molecule has 1 rings (SSSR count). The summed E-state index contributed by atoms with van der Waals surface area (Å²) in [6.07, 6.45) is 1.43. The van der Waals surface area contributed by atoms with E-state index < -0.39 is 5.51 Å². The van der Waals surface area contributed by atoms with Crippen molar-refractivity contribution in [1.29, 1.82) is 0 Å². The van der Waals surface area contributed by atoms with Crippen LogP contribution in [0, 0.1) is 0 Å². The number of methoxy groups -OCH3 is 1. The van der Waals surface area contributed by atoms with Crippen LogP contribution in [0.3, 0.4) is 0 Å². The van der Waals surface area contributed by atoms with Crippen molar-refractivity contribution in [2.45, 2.75) is 18.6 Å². The van der Waals surface area contributed by atoms with Gasteiger partial charge >= 0.3 is 5.51 Å². The zero-order chi connectivity index (χ0) is 13.4. The molecule has 0 aliphatic heterocycles. The quantitative estimate of drug-likeness (QED) is 0.729. The fourth-order valence-electron chi connectivity index (χ4n) is 1.15. The minimum atomic E-state index is -4.19. The van der Waals surface area contributed by atoms with E-state index in [1.54, 1.807) is 7.11 Å². The highest BCUT2D eigenvalue weighted by Gasteiger charge is 2.27. The second kappa shape index (κ2) is 7.59. The Morgan fingerprint density at radius 3 is 2.94 bits per heavy atom. The molecule has 5 nitrogen and oxygen atoms in total. The summed E-state index contributed by atoms with van der Waals surface area (Å²) in [4.78, 5) is 3.99. The Labute approximate surface area is 107 Å². The Balaban J connectivity index is 2.21. The summed E-state index contributed by atoms with van der Waals surface area (Å²) in [6, 6.07) is 0. The topological polar surface area (TPSA) is 52.0 Å². The Hall–Kier alpha value is -0.800. The molecule has 0 aliphatic carbocycles. The number of hydrogen-bond donors (Lipinski definition) is 1. The zero-order valence-electron chi connectivity index (χ0n) is 9.90. The van der Waals surface area contributed by atoms with Crippen molar-refractivity contribution in [3.8, 4) is 0 Å². The molecule has 104 valence electrons. The molecule has 1 aromatic heterocycles. The molecule has 0 atom stereocenters. The fourth-order valence-corrected chi connectivity index (χ4v) is 1.66. The fraction of sp³-hybridized carbons (Fsp3) is 0.778. The zero-order valence-corrected chi connectivity index (χ0v) is 10.7. The number of aromatic nitrogens is 3. The van der Waals surface area contributed by atoms with Crippen molar-refractivity contribution < 1.29 is 17.9 Å². The van der Waals surface area contributed by atoms with E-state index in [1.807, 2.05) is 0 Å². The number of hydrogen-bond acceptors (Lipinski definition) is 5.